The minimum atomic E-state index is -2.84. The van der Waals surface area contributed by atoms with Gasteiger partial charge in [0, 0.05) is 19.8 Å². The molecule has 1 saturated heterocycles. The Balaban J connectivity index is 3.10. The molecule has 2 N–H and O–H groups in total. The van der Waals surface area contributed by atoms with Gasteiger partial charge < -0.3 is 10.2 Å². The summed E-state index contributed by atoms with van der Waals surface area (Å²) < 4.78 is 0. The van der Waals surface area contributed by atoms with Crippen LogP contribution in [0.4, 0.5) is 0 Å². The number of carbonyl (C=O) groups excluding carboxylic acids is 3. The first kappa shape index (κ1) is 12.7. The molecule has 2 amide bonds. The molecule has 1 unspecified atom stereocenters. The highest BCUT2D eigenvalue weighted by Crippen LogP contribution is 2.32. The van der Waals surface area contributed by atoms with Gasteiger partial charge in [0.15, 0.2) is 5.12 Å². The number of thioether (sulfide) groups is 1. The van der Waals surface area contributed by atoms with Crippen LogP contribution in [0.1, 0.15) is 19.8 Å². The van der Waals surface area contributed by atoms with Crippen LogP contribution >= 0.6 is 11.8 Å². The third-order valence-electron chi connectivity index (χ3n) is 1.92. The first-order valence-electron chi connectivity index (χ1n) is 4.30. The van der Waals surface area contributed by atoms with Gasteiger partial charge in [0.1, 0.15) is 0 Å². The maximum atomic E-state index is 11.3. The van der Waals surface area contributed by atoms with E-state index in [2.05, 4.69) is 0 Å². The van der Waals surface area contributed by atoms with Crippen molar-refractivity contribution < 1.29 is 29.4 Å². The van der Waals surface area contributed by atoms with Crippen molar-refractivity contribution >= 4 is 34.7 Å². The van der Waals surface area contributed by atoms with E-state index in [0.717, 1.165) is 6.92 Å². The third-order valence-corrected chi connectivity index (χ3v) is 2.85. The van der Waals surface area contributed by atoms with Crippen LogP contribution in [0, 0.1) is 0 Å². The van der Waals surface area contributed by atoms with Gasteiger partial charge in [0.05, 0.1) is 0 Å². The highest BCUT2D eigenvalue weighted by molar-refractivity contribution is 8.15. The van der Waals surface area contributed by atoms with Crippen molar-refractivity contribution in [2.45, 2.75) is 24.8 Å². The van der Waals surface area contributed by atoms with Crippen LogP contribution in [-0.2, 0) is 19.2 Å². The van der Waals surface area contributed by atoms with E-state index in [9.17, 15) is 24.3 Å². The van der Waals surface area contributed by atoms with Gasteiger partial charge in [-0.3, -0.25) is 14.4 Å². The largest absolute Gasteiger partial charge is 0.477 e. The van der Waals surface area contributed by atoms with Crippen LogP contribution in [0.3, 0.4) is 0 Å². The highest BCUT2D eigenvalue weighted by Gasteiger charge is 2.52. The zero-order valence-corrected chi connectivity index (χ0v) is 9.11. The first-order chi connectivity index (χ1) is 7.29. The molecule has 16 heavy (non-hydrogen) atoms. The predicted molar refractivity (Wildman–Crippen MR) is 51.9 cm³/mol. The van der Waals surface area contributed by atoms with E-state index in [0.29, 0.717) is 0 Å². The summed E-state index contributed by atoms with van der Waals surface area (Å²) in [5.41, 5.74) is 0. The topological polar surface area (TPSA) is 112 Å². The molecule has 0 aromatic carbocycles. The molecule has 1 aliphatic rings. The fourth-order valence-corrected chi connectivity index (χ4v) is 2.08. The maximum Gasteiger partial charge on any atom is 0.369 e. The summed E-state index contributed by atoms with van der Waals surface area (Å²) in [5.74, 6) is -3.43. The summed E-state index contributed by atoms with van der Waals surface area (Å²) in [4.78, 5) is 44.5. The van der Waals surface area contributed by atoms with Crippen molar-refractivity contribution in [3.8, 4) is 0 Å². The predicted octanol–water partition coefficient (Wildman–Crippen LogP) is -0.854. The van der Waals surface area contributed by atoms with Gasteiger partial charge in [-0.05, 0) is 11.8 Å². The van der Waals surface area contributed by atoms with Gasteiger partial charge in [-0.15, -0.1) is 0 Å². The Morgan fingerprint density at radius 1 is 1.31 bits per heavy atom. The number of rotatable bonds is 3. The lowest BCUT2D eigenvalue weighted by atomic mass is 10.4. The van der Waals surface area contributed by atoms with Crippen molar-refractivity contribution in [2.75, 3.05) is 0 Å². The van der Waals surface area contributed by atoms with E-state index in [4.69, 9.17) is 5.11 Å². The first-order valence-corrected chi connectivity index (χ1v) is 5.12. The van der Waals surface area contributed by atoms with Gasteiger partial charge in [0.25, 0.3) is 0 Å². The quantitative estimate of drug-likeness (QED) is 0.493. The van der Waals surface area contributed by atoms with E-state index < -0.39 is 28.0 Å². The summed E-state index contributed by atoms with van der Waals surface area (Å²) in [6, 6.07) is 0. The molecule has 0 aromatic heterocycles. The highest BCUT2D eigenvalue weighted by atomic mass is 32.2. The average molecular weight is 247 g/mol. The number of carboxylic acid groups (broad SMARTS) is 1. The number of aliphatic carboxylic acids is 1. The zero-order valence-electron chi connectivity index (χ0n) is 8.30. The number of hydrogen-bond acceptors (Lipinski definition) is 6. The summed E-state index contributed by atoms with van der Waals surface area (Å²) in [6.45, 7) is 1.03. The number of hydrogen-bond donors (Lipinski definition) is 2. The molecule has 7 nitrogen and oxygen atoms in total. The Hall–Kier alpha value is -1.41. The van der Waals surface area contributed by atoms with Crippen LogP contribution < -0.4 is 0 Å². The van der Waals surface area contributed by atoms with E-state index in [1.807, 2.05) is 0 Å². The number of aliphatic hydroxyl groups is 1. The van der Waals surface area contributed by atoms with Gasteiger partial charge in [-0.1, -0.05) is 0 Å². The summed E-state index contributed by atoms with van der Waals surface area (Å²) >= 11 is 0.0161. The molecule has 1 aliphatic heterocycles. The smallest absolute Gasteiger partial charge is 0.369 e. The van der Waals surface area contributed by atoms with E-state index in [-0.39, 0.29) is 29.5 Å². The number of amides is 2. The molecule has 1 fully saturated rings. The fraction of sp³-hybridized carbons (Fsp3) is 0.500. The van der Waals surface area contributed by atoms with Gasteiger partial charge >= 0.3 is 11.0 Å². The van der Waals surface area contributed by atoms with E-state index >= 15 is 0 Å². The lowest BCUT2D eigenvalue weighted by Crippen LogP contribution is -2.55. The Bertz CT molecular complexity index is 365. The van der Waals surface area contributed by atoms with Gasteiger partial charge in [-0.25, -0.2) is 9.69 Å². The number of imide groups is 1. The Kier molecular flexibility index (Phi) is 3.34. The summed E-state index contributed by atoms with van der Waals surface area (Å²) in [7, 11) is 0. The van der Waals surface area contributed by atoms with Crippen molar-refractivity contribution in [3.63, 3.8) is 0 Å². The number of carbonyl (C=O) groups is 4. The number of nitrogens with zero attached hydrogens (tertiary/aromatic N) is 1. The molecule has 1 heterocycles. The second-order valence-electron chi connectivity index (χ2n) is 3.13. The molecular weight excluding hydrogens is 238 g/mol. The molecule has 1 rings (SSSR count). The van der Waals surface area contributed by atoms with E-state index in [1.165, 1.54) is 0 Å². The third kappa shape index (κ3) is 2.07. The minimum Gasteiger partial charge on any atom is -0.477 e. The van der Waals surface area contributed by atoms with Crippen LogP contribution in [-0.4, -0.2) is 43.1 Å². The minimum absolute atomic E-state index is 0.0161. The summed E-state index contributed by atoms with van der Waals surface area (Å²) in [5, 5.41) is 15.0. The molecule has 88 valence electrons. The normalized spacial score (nSPS) is 19.8. The summed E-state index contributed by atoms with van der Waals surface area (Å²) in [6.07, 6.45) is -0.320. The Labute approximate surface area is 94.4 Å². The lowest BCUT2D eigenvalue weighted by molar-refractivity contribution is -0.173. The molecule has 0 bridgehead atoms. The number of likely N-dealkylation sites (tertiary alicyclic amines) is 1. The molecule has 1 atom stereocenters. The van der Waals surface area contributed by atoms with Crippen molar-refractivity contribution in [2.24, 2.45) is 0 Å². The molecular formula is C8H9NO6S. The second-order valence-corrected chi connectivity index (χ2v) is 4.48. The number of carboxylic acids is 1. The molecule has 8 heteroatoms. The Morgan fingerprint density at radius 2 is 1.75 bits per heavy atom. The standard InChI is InChI=1S/C8H9NO6S/c1-4(10)16-8(15,7(13)14)9-5(11)2-3-6(9)12/h15H,2-3H2,1H3,(H,13,14). The van der Waals surface area contributed by atoms with Crippen LogP contribution in [0.25, 0.3) is 0 Å². The van der Waals surface area contributed by atoms with E-state index in [1.54, 1.807) is 0 Å². The van der Waals surface area contributed by atoms with Crippen LogP contribution in [0.5, 0.6) is 0 Å². The molecule has 0 aliphatic carbocycles. The lowest BCUT2D eigenvalue weighted by Gasteiger charge is -2.29. The molecule has 0 saturated carbocycles. The van der Waals surface area contributed by atoms with Crippen LogP contribution in [0.15, 0.2) is 0 Å². The average Bonchev–Trinajstić information content (AvgIpc) is 2.44. The molecule has 0 spiro atoms. The van der Waals surface area contributed by atoms with Crippen LogP contribution in [0.2, 0.25) is 0 Å². The SMILES string of the molecule is CC(=O)SC(O)(C(=O)O)N1C(=O)CCC1=O. The molecule has 0 radical (unpaired) electrons. The van der Waals surface area contributed by atoms with Crippen molar-refractivity contribution in [3.05, 3.63) is 0 Å². The van der Waals surface area contributed by atoms with Gasteiger partial charge in [-0.2, -0.15) is 0 Å². The van der Waals surface area contributed by atoms with Crippen molar-refractivity contribution in [1.82, 2.24) is 4.90 Å². The monoisotopic (exact) mass is 247 g/mol. The van der Waals surface area contributed by atoms with Crippen molar-refractivity contribution in [1.29, 1.82) is 0 Å². The maximum absolute atomic E-state index is 11.3. The molecule has 0 aromatic rings. The van der Waals surface area contributed by atoms with Gasteiger partial charge in [0.2, 0.25) is 11.8 Å². The second kappa shape index (κ2) is 4.22. The fourth-order valence-electron chi connectivity index (χ4n) is 1.30. The Morgan fingerprint density at radius 3 is 2.06 bits per heavy atom. The zero-order chi connectivity index (χ0) is 12.5.